The van der Waals surface area contributed by atoms with Crippen molar-refractivity contribution >= 4 is 66.2 Å². The average Bonchev–Trinajstić information content (AvgIpc) is 2.86. The number of hydrogen-bond donors (Lipinski definition) is 3. The van der Waals surface area contributed by atoms with E-state index in [1.165, 1.54) is 66.7 Å². The van der Waals surface area contributed by atoms with Crippen LogP contribution in [0.1, 0.15) is 10.4 Å². The van der Waals surface area contributed by atoms with Gasteiger partial charge in [-0.25, -0.2) is 21.2 Å². The molecule has 4 rings (SSSR count). The molecule has 0 heterocycles. The molecule has 4 aromatic carbocycles. The van der Waals surface area contributed by atoms with Crippen LogP contribution in [-0.4, -0.2) is 22.7 Å². The lowest BCUT2D eigenvalue weighted by molar-refractivity contribution is 0.102. The maximum absolute atomic E-state index is 13.2. The Hall–Kier alpha value is -3.64. The molecule has 0 aliphatic rings. The van der Waals surface area contributed by atoms with Gasteiger partial charge in [0.15, 0.2) is 0 Å². The summed E-state index contributed by atoms with van der Waals surface area (Å²) in [6.45, 7) is 0. The van der Waals surface area contributed by atoms with Crippen LogP contribution >= 0.6 is 23.2 Å². The van der Waals surface area contributed by atoms with Crippen LogP contribution in [0.5, 0.6) is 0 Å². The summed E-state index contributed by atoms with van der Waals surface area (Å²) in [6, 6.07) is 19.8. The SMILES string of the molecule is O=C(Nc1ccc(Cl)c(S(=O)(=O)Nc2ccc(Cl)cc2)c1)c1ccccc1NS(=O)(=O)c1ccc(F)cc1. The van der Waals surface area contributed by atoms with Gasteiger partial charge < -0.3 is 5.32 Å². The molecule has 1 amide bonds. The molecule has 3 N–H and O–H groups in total. The Kier molecular flexibility index (Phi) is 7.93. The van der Waals surface area contributed by atoms with Crippen LogP contribution < -0.4 is 14.8 Å². The molecule has 196 valence electrons. The minimum atomic E-state index is -4.14. The van der Waals surface area contributed by atoms with E-state index >= 15 is 0 Å². The van der Waals surface area contributed by atoms with Crippen LogP contribution in [0.4, 0.5) is 21.5 Å². The van der Waals surface area contributed by atoms with Crippen molar-refractivity contribution in [3.05, 3.63) is 112 Å². The Bertz CT molecular complexity index is 1720. The summed E-state index contributed by atoms with van der Waals surface area (Å²) in [5.74, 6) is -1.32. The maximum Gasteiger partial charge on any atom is 0.263 e. The molecule has 38 heavy (non-hydrogen) atoms. The Morgan fingerprint density at radius 1 is 0.711 bits per heavy atom. The number of rotatable bonds is 8. The van der Waals surface area contributed by atoms with Gasteiger partial charge in [-0.15, -0.1) is 0 Å². The number of para-hydroxylation sites is 1. The van der Waals surface area contributed by atoms with Crippen LogP contribution in [0.2, 0.25) is 10.0 Å². The fraction of sp³-hybridized carbons (Fsp3) is 0. The highest BCUT2D eigenvalue weighted by Gasteiger charge is 2.22. The van der Waals surface area contributed by atoms with Gasteiger partial charge >= 0.3 is 0 Å². The van der Waals surface area contributed by atoms with Gasteiger partial charge in [-0.2, -0.15) is 0 Å². The molecule has 0 spiro atoms. The van der Waals surface area contributed by atoms with Gasteiger partial charge in [0, 0.05) is 16.4 Å². The van der Waals surface area contributed by atoms with E-state index in [0.29, 0.717) is 5.02 Å². The predicted octanol–water partition coefficient (Wildman–Crippen LogP) is 5.99. The molecule has 0 saturated heterocycles. The number of nitrogens with one attached hydrogen (secondary N) is 3. The van der Waals surface area contributed by atoms with Gasteiger partial charge in [0.1, 0.15) is 10.7 Å². The number of hydrogen-bond acceptors (Lipinski definition) is 5. The summed E-state index contributed by atoms with van der Waals surface area (Å²) in [5, 5.41) is 2.89. The normalized spacial score (nSPS) is 11.6. The third kappa shape index (κ3) is 6.43. The van der Waals surface area contributed by atoms with Crippen molar-refractivity contribution in [1.82, 2.24) is 0 Å². The highest BCUT2D eigenvalue weighted by atomic mass is 35.5. The maximum atomic E-state index is 13.2. The van der Waals surface area contributed by atoms with Crippen molar-refractivity contribution in [2.24, 2.45) is 0 Å². The Morgan fingerprint density at radius 3 is 2.03 bits per heavy atom. The van der Waals surface area contributed by atoms with Gasteiger partial charge in [-0.05, 0) is 78.9 Å². The second-order valence-electron chi connectivity index (χ2n) is 7.82. The second-order valence-corrected chi connectivity index (χ2v) is 12.0. The molecule has 0 fully saturated rings. The number of amides is 1. The molecule has 0 aliphatic heterocycles. The van der Waals surface area contributed by atoms with Gasteiger partial charge in [-0.3, -0.25) is 14.2 Å². The van der Waals surface area contributed by atoms with E-state index in [9.17, 15) is 26.0 Å². The van der Waals surface area contributed by atoms with E-state index in [1.54, 1.807) is 0 Å². The van der Waals surface area contributed by atoms with E-state index in [2.05, 4.69) is 14.8 Å². The van der Waals surface area contributed by atoms with Crippen LogP contribution in [-0.2, 0) is 20.0 Å². The molecular formula is C25H18Cl2FN3O5S2. The molecule has 13 heteroatoms. The Labute approximate surface area is 228 Å². The van der Waals surface area contributed by atoms with Gasteiger partial charge in [0.05, 0.1) is 21.2 Å². The van der Waals surface area contributed by atoms with E-state index < -0.39 is 31.8 Å². The Balaban J connectivity index is 1.58. The van der Waals surface area contributed by atoms with E-state index in [0.717, 1.165) is 24.3 Å². The molecule has 0 unspecified atom stereocenters. The van der Waals surface area contributed by atoms with E-state index in [-0.39, 0.29) is 37.4 Å². The molecule has 0 bridgehead atoms. The quantitative estimate of drug-likeness (QED) is 0.232. The minimum absolute atomic E-state index is 0.0412. The first-order chi connectivity index (χ1) is 17.9. The average molecular weight is 594 g/mol. The van der Waals surface area contributed by atoms with Crippen LogP contribution in [0.25, 0.3) is 0 Å². The first-order valence-electron chi connectivity index (χ1n) is 10.7. The lowest BCUT2D eigenvalue weighted by Gasteiger charge is -2.14. The van der Waals surface area contributed by atoms with Crippen LogP contribution in [0.3, 0.4) is 0 Å². The number of carbonyl (C=O) groups is 1. The summed E-state index contributed by atoms with van der Waals surface area (Å²) in [5.41, 5.74) is 0.256. The lowest BCUT2D eigenvalue weighted by atomic mass is 10.1. The fourth-order valence-corrected chi connectivity index (χ4v) is 6.09. The summed E-state index contributed by atoms with van der Waals surface area (Å²) in [7, 11) is -8.27. The predicted molar refractivity (Wildman–Crippen MR) is 145 cm³/mol. The summed E-state index contributed by atoms with van der Waals surface area (Å²) in [6.07, 6.45) is 0. The van der Waals surface area contributed by atoms with E-state index in [1.807, 2.05) is 0 Å². The van der Waals surface area contributed by atoms with Crippen molar-refractivity contribution in [2.45, 2.75) is 9.79 Å². The zero-order valence-corrected chi connectivity index (χ0v) is 22.3. The number of anilines is 3. The summed E-state index contributed by atoms with van der Waals surface area (Å²) >= 11 is 12.0. The number of halogens is 3. The first kappa shape index (κ1) is 27.4. The standard InChI is InChI=1S/C25H18Cl2FN3O5S2/c26-16-5-9-18(10-6-16)30-38(35,36)24-15-19(11-14-22(24)27)29-25(32)21-3-1-2-4-23(21)31-37(33,34)20-12-7-17(28)8-13-20/h1-15,30-31H,(H,29,32). The van der Waals surface area contributed by atoms with Crippen molar-refractivity contribution in [3.63, 3.8) is 0 Å². The molecule has 0 aliphatic carbocycles. The van der Waals surface area contributed by atoms with Crippen molar-refractivity contribution < 1.29 is 26.0 Å². The fourth-order valence-electron chi connectivity index (χ4n) is 3.30. The smallest absolute Gasteiger partial charge is 0.263 e. The monoisotopic (exact) mass is 593 g/mol. The molecule has 0 radical (unpaired) electrons. The third-order valence-corrected chi connectivity index (χ3v) is 8.61. The van der Waals surface area contributed by atoms with Crippen molar-refractivity contribution in [3.8, 4) is 0 Å². The van der Waals surface area contributed by atoms with Crippen molar-refractivity contribution in [1.29, 1.82) is 0 Å². The first-order valence-corrected chi connectivity index (χ1v) is 14.4. The second kappa shape index (κ2) is 11.0. The molecular weight excluding hydrogens is 576 g/mol. The Morgan fingerprint density at radius 2 is 1.34 bits per heavy atom. The zero-order chi connectivity index (χ0) is 27.5. The zero-order valence-electron chi connectivity index (χ0n) is 19.2. The highest BCUT2D eigenvalue weighted by molar-refractivity contribution is 7.93. The number of carbonyl (C=O) groups excluding carboxylic acids is 1. The highest BCUT2D eigenvalue weighted by Crippen LogP contribution is 2.28. The number of benzene rings is 4. The van der Waals surface area contributed by atoms with Gasteiger partial charge in [0.25, 0.3) is 26.0 Å². The lowest BCUT2D eigenvalue weighted by Crippen LogP contribution is -2.19. The third-order valence-electron chi connectivity index (χ3n) is 5.11. The van der Waals surface area contributed by atoms with Crippen molar-refractivity contribution in [2.75, 3.05) is 14.8 Å². The molecule has 4 aromatic rings. The molecule has 8 nitrogen and oxygen atoms in total. The van der Waals surface area contributed by atoms with E-state index in [4.69, 9.17) is 23.2 Å². The van der Waals surface area contributed by atoms with Gasteiger partial charge in [-0.1, -0.05) is 35.3 Å². The van der Waals surface area contributed by atoms with Gasteiger partial charge in [0.2, 0.25) is 0 Å². The largest absolute Gasteiger partial charge is 0.322 e. The summed E-state index contributed by atoms with van der Waals surface area (Å²) in [4.78, 5) is 12.6. The van der Waals surface area contributed by atoms with Crippen LogP contribution in [0.15, 0.2) is 101 Å². The minimum Gasteiger partial charge on any atom is -0.322 e. The van der Waals surface area contributed by atoms with Crippen LogP contribution in [0, 0.1) is 5.82 Å². The molecule has 0 aromatic heterocycles. The molecule has 0 saturated carbocycles. The summed E-state index contributed by atoms with van der Waals surface area (Å²) < 4.78 is 69.3. The number of sulfonamides is 2. The molecule has 0 atom stereocenters. The topological polar surface area (TPSA) is 121 Å².